The van der Waals surface area contributed by atoms with Gasteiger partial charge >= 0.3 is 0 Å². The Morgan fingerprint density at radius 2 is 0.867 bits per heavy atom. The van der Waals surface area contributed by atoms with Gasteiger partial charge in [-0.25, -0.2) is 0 Å². The molecule has 0 N–H and O–H groups in total. The molecule has 1 aliphatic rings. The monoisotopic (exact) mass is 384 g/mol. The molecule has 0 radical (unpaired) electrons. The fourth-order valence-electron chi connectivity index (χ4n) is 4.74. The second-order valence-corrected chi connectivity index (χ2v) is 7.75. The molecule has 0 unspecified atom stereocenters. The van der Waals surface area contributed by atoms with Crippen molar-refractivity contribution in [3.63, 3.8) is 0 Å². The molecule has 0 saturated carbocycles. The van der Waals surface area contributed by atoms with Crippen LogP contribution in [0.25, 0.3) is 5.57 Å². The van der Waals surface area contributed by atoms with Crippen LogP contribution in [-0.2, 0) is 5.41 Å². The topological polar surface area (TPSA) is 0 Å². The molecule has 1 aliphatic carbocycles. The summed E-state index contributed by atoms with van der Waals surface area (Å²) in [5, 5.41) is 0. The van der Waals surface area contributed by atoms with Gasteiger partial charge in [0.05, 0.1) is 5.41 Å². The maximum atomic E-state index is 2.41. The van der Waals surface area contributed by atoms with E-state index in [2.05, 4.69) is 133 Å². The van der Waals surface area contributed by atoms with Crippen molar-refractivity contribution in [2.24, 2.45) is 0 Å². The van der Waals surface area contributed by atoms with Crippen LogP contribution in [0.4, 0.5) is 0 Å². The van der Waals surface area contributed by atoms with Crippen LogP contribution < -0.4 is 0 Å². The van der Waals surface area contributed by atoms with Crippen LogP contribution in [0.3, 0.4) is 0 Å². The SMILES string of the molecule is C1=C(c2ccccc2)C=C(C(c2ccccc2)(c2ccccc2)c2ccccc2)C1. The number of hydrogen-bond donors (Lipinski definition) is 0. The third-order valence-corrected chi connectivity index (χ3v) is 6.08. The van der Waals surface area contributed by atoms with E-state index in [-0.39, 0.29) is 5.41 Å². The van der Waals surface area contributed by atoms with Crippen molar-refractivity contribution in [3.05, 3.63) is 161 Å². The van der Waals surface area contributed by atoms with Gasteiger partial charge in [-0.1, -0.05) is 133 Å². The van der Waals surface area contributed by atoms with Crippen LogP contribution in [0.5, 0.6) is 0 Å². The van der Waals surface area contributed by atoms with Gasteiger partial charge in [0.2, 0.25) is 0 Å². The lowest BCUT2D eigenvalue weighted by atomic mass is 9.64. The van der Waals surface area contributed by atoms with Crippen LogP contribution >= 0.6 is 0 Å². The number of rotatable bonds is 5. The molecule has 0 spiro atoms. The highest BCUT2D eigenvalue weighted by molar-refractivity contribution is 5.80. The van der Waals surface area contributed by atoms with Crippen molar-refractivity contribution < 1.29 is 0 Å². The van der Waals surface area contributed by atoms with E-state index in [0.717, 1.165) is 6.42 Å². The molecule has 5 rings (SSSR count). The summed E-state index contributed by atoms with van der Waals surface area (Å²) in [5.41, 5.74) is 7.57. The maximum Gasteiger partial charge on any atom is 0.0667 e. The molecule has 4 aromatic carbocycles. The zero-order chi connectivity index (χ0) is 20.2. The molecule has 0 heterocycles. The summed E-state index contributed by atoms with van der Waals surface area (Å²) >= 11 is 0. The Bertz CT molecular complexity index is 1070. The molecule has 0 atom stereocenters. The van der Waals surface area contributed by atoms with Crippen LogP contribution in [0.2, 0.25) is 0 Å². The Morgan fingerprint density at radius 1 is 0.467 bits per heavy atom. The van der Waals surface area contributed by atoms with Crippen LogP contribution in [0, 0.1) is 0 Å². The van der Waals surface area contributed by atoms with E-state index in [9.17, 15) is 0 Å². The van der Waals surface area contributed by atoms with Crippen molar-refractivity contribution in [2.75, 3.05) is 0 Å². The predicted molar refractivity (Wildman–Crippen MR) is 126 cm³/mol. The molecule has 144 valence electrons. The molecule has 0 fully saturated rings. The normalized spacial score (nSPS) is 13.6. The van der Waals surface area contributed by atoms with Gasteiger partial charge in [0.1, 0.15) is 0 Å². The van der Waals surface area contributed by atoms with Crippen LogP contribution in [-0.4, -0.2) is 0 Å². The van der Waals surface area contributed by atoms with Gasteiger partial charge in [0.15, 0.2) is 0 Å². The summed E-state index contributed by atoms with van der Waals surface area (Å²) in [6, 6.07) is 43.5. The standard InChI is InChI=1S/C30H24/c1-5-13-24(14-6-1)25-21-22-29(23-25)30(26-15-7-2-8-16-26,27-17-9-3-10-18-27)28-19-11-4-12-20-28/h1-21,23H,22H2. The van der Waals surface area contributed by atoms with Crippen molar-refractivity contribution in [3.8, 4) is 0 Å². The summed E-state index contributed by atoms with van der Waals surface area (Å²) in [4.78, 5) is 0. The zero-order valence-corrected chi connectivity index (χ0v) is 16.9. The van der Waals surface area contributed by atoms with E-state index >= 15 is 0 Å². The first-order chi connectivity index (χ1) is 14.9. The minimum Gasteiger partial charge on any atom is -0.0725 e. The smallest absolute Gasteiger partial charge is 0.0667 e. The molecular formula is C30H24. The van der Waals surface area contributed by atoms with Crippen molar-refractivity contribution >= 4 is 5.57 Å². The summed E-state index contributed by atoms with van der Waals surface area (Å²) in [5.74, 6) is 0. The summed E-state index contributed by atoms with van der Waals surface area (Å²) in [7, 11) is 0. The second-order valence-electron chi connectivity index (χ2n) is 7.75. The van der Waals surface area contributed by atoms with E-state index in [0.29, 0.717) is 0 Å². The summed E-state index contributed by atoms with van der Waals surface area (Å²) in [6.45, 7) is 0. The van der Waals surface area contributed by atoms with Gasteiger partial charge in [-0.2, -0.15) is 0 Å². The van der Waals surface area contributed by atoms with Crippen LogP contribution in [0.15, 0.2) is 139 Å². The van der Waals surface area contributed by atoms with Gasteiger partial charge in [0, 0.05) is 0 Å². The zero-order valence-electron chi connectivity index (χ0n) is 16.9. The summed E-state index contributed by atoms with van der Waals surface area (Å²) < 4.78 is 0. The quantitative estimate of drug-likeness (QED) is 0.314. The highest BCUT2D eigenvalue weighted by Crippen LogP contribution is 2.49. The first-order valence-corrected chi connectivity index (χ1v) is 10.5. The molecule has 30 heavy (non-hydrogen) atoms. The van der Waals surface area contributed by atoms with Crippen LogP contribution in [0.1, 0.15) is 28.7 Å². The van der Waals surface area contributed by atoms with E-state index in [1.165, 1.54) is 33.4 Å². The molecule has 0 saturated heterocycles. The predicted octanol–water partition coefficient (Wildman–Crippen LogP) is 7.43. The first kappa shape index (κ1) is 18.4. The van der Waals surface area contributed by atoms with Gasteiger partial charge in [0.25, 0.3) is 0 Å². The van der Waals surface area contributed by atoms with Gasteiger partial charge in [-0.05, 0) is 39.8 Å². The maximum absolute atomic E-state index is 2.41. The lowest BCUT2D eigenvalue weighted by Crippen LogP contribution is -2.31. The Balaban J connectivity index is 1.78. The van der Waals surface area contributed by atoms with E-state index < -0.39 is 0 Å². The average Bonchev–Trinajstić information content (AvgIpc) is 3.33. The van der Waals surface area contributed by atoms with Crippen molar-refractivity contribution in [2.45, 2.75) is 11.8 Å². The third-order valence-electron chi connectivity index (χ3n) is 6.08. The highest BCUT2D eigenvalue weighted by Gasteiger charge is 2.40. The van der Waals surface area contributed by atoms with E-state index in [4.69, 9.17) is 0 Å². The molecule has 0 heteroatoms. The molecule has 4 aromatic rings. The first-order valence-electron chi connectivity index (χ1n) is 10.5. The molecule has 0 bridgehead atoms. The minimum atomic E-state index is -0.323. The number of hydrogen-bond acceptors (Lipinski definition) is 0. The van der Waals surface area contributed by atoms with Gasteiger partial charge in [-0.15, -0.1) is 0 Å². The lowest BCUT2D eigenvalue weighted by Gasteiger charge is -2.37. The Kier molecular flexibility index (Phi) is 4.91. The van der Waals surface area contributed by atoms with Gasteiger partial charge < -0.3 is 0 Å². The van der Waals surface area contributed by atoms with E-state index in [1.807, 2.05) is 0 Å². The molecular weight excluding hydrogens is 360 g/mol. The molecule has 0 aliphatic heterocycles. The van der Waals surface area contributed by atoms with E-state index in [1.54, 1.807) is 0 Å². The fourth-order valence-corrected chi connectivity index (χ4v) is 4.74. The van der Waals surface area contributed by atoms with Crippen molar-refractivity contribution in [1.82, 2.24) is 0 Å². The lowest BCUT2D eigenvalue weighted by molar-refractivity contribution is 0.711. The molecule has 0 amide bonds. The second kappa shape index (κ2) is 8.00. The highest BCUT2D eigenvalue weighted by atomic mass is 14.4. The fraction of sp³-hybridized carbons (Fsp3) is 0.0667. The third kappa shape index (κ3) is 3.11. The number of benzene rings is 4. The Hall–Kier alpha value is -3.64. The molecule has 0 aromatic heterocycles. The largest absolute Gasteiger partial charge is 0.0725 e. The Morgan fingerprint density at radius 3 is 1.30 bits per heavy atom. The summed E-state index contributed by atoms with van der Waals surface area (Å²) in [6.07, 6.45) is 5.71. The minimum absolute atomic E-state index is 0.323. The Labute approximate surface area is 178 Å². The number of allylic oxidation sites excluding steroid dienone is 4. The molecule has 0 nitrogen and oxygen atoms in total. The average molecular weight is 385 g/mol. The van der Waals surface area contributed by atoms with Crippen molar-refractivity contribution in [1.29, 1.82) is 0 Å². The van der Waals surface area contributed by atoms with Gasteiger partial charge in [-0.3, -0.25) is 0 Å².